The molecule has 0 saturated carbocycles. The Bertz CT molecular complexity index is 397. The van der Waals surface area contributed by atoms with Crippen molar-refractivity contribution in [1.29, 1.82) is 0 Å². The van der Waals surface area contributed by atoms with Crippen LogP contribution < -0.4 is 0 Å². The van der Waals surface area contributed by atoms with Crippen LogP contribution in [0.1, 0.15) is 32.8 Å². The highest BCUT2D eigenvalue weighted by Gasteiger charge is 2.32. The molecular formula is C14H20ClFO2. The topological polar surface area (TPSA) is 29.5 Å². The van der Waals surface area contributed by atoms with Crippen molar-refractivity contribution in [2.24, 2.45) is 0 Å². The minimum Gasteiger partial charge on any atom is -0.390 e. The van der Waals surface area contributed by atoms with Crippen molar-refractivity contribution in [2.75, 3.05) is 6.61 Å². The van der Waals surface area contributed by atoms with Crippen LogP contribution in [0.3, 0.4) is 0 Å². The fraction of sp³-hybridized carbons (Fsp3) is 0.571. The van der Waals surface area contributed by atoms with Crippen LogP contribution >= 0.6 is 11.6 Å². The predicted molar refractivity (Wildman–Crippen MR) is 71.4 cm³/mol. The third-order valence-electron chi connectivity index (χ3n) is 3.31. The molecule has 2 nitrogen and oxygen atoms in total. The van der Waals surface area contributed by atoms with E-state index in [4.69, 9.17) is 16.3 Å². The zero-order chi connectivity index (χ0) is 13.8. The van der Waals surface area contributed by atoms with E-state index in [0.29, 0.717) is 24.5 Å². The summed E-state index contributed by atoms with van der Waals surface area (Å²) in [4.78, 5) is 0. The monoisotopic (exact) mass is 274 g/mol. The van der Waals surface area contributed by atoms with Crippen LogP contribution in [-0.4, -0.2) is 23.4 Å². The van der Waals surface area contributed by atoms with Crippen molar-refractivity contribution in [3.8, 4) is 0 Å². The fourth-order valence-electron chi connectivity index (χ4n) is 1.88. The van der Waals surface area contributed by atoms with E-state index in [2.05, 4.69) is 0 Å². The normalized spacial score (nSPS) is 16.3. The van der Waals surface area contributed by atoms with Gasteiger partial charge in [0, 0.05) is 18.1 Å². The molecule has 1 N–H and O–H groups in total. The van der Waals surface area contributed by atoms with E-state index >= 15 is 0 Å². The summed E-state index contributed by atoms with van der Waals surface area (Å²) >= 11 is 5.95. The van der Waals surface area contributed by atoms with Gasteiger partial charge in [-0.25, -0.2) is 4.39 Å². The second kappa shape index (κ2) is 6.50. The van der Waals surface area contributed by atoms with Crippen LogP contribution in [0.2, 0.25) is 5.02 Å². The molecule has 0 radical (unpaired) electrons. The van der Waals surface area contributed by atoms with Gasteiger partial charge in [0.25, 0.3) is 0 Å². The first-order valence-corrected chi connectivity index (χ1v) is 6.56. The average molecular weight is 275 g/mol. The Labute approximate surface area is 113 Å². The molecule has 2 atom stereocenters. The van der Waals surface area contributed by atoms with Crippen molar-refractivity contribution in [3.05, 3.63) is 34.6 Å². The molecular weight excluding hydrogens is 255 g/mol. The van der Waals surface area contributed by atoms with Crippen LogP contribution in [0.4, 0.5) is 4.39 Å². The minimum absolute atomic E-state index is 0.337. The Kier molecular flexibility index (Phi) is 5.57. The Balaban J connectivity index is 2.82. The molecule has 0 bridgehead atoms. The first kappa shape index (κ1) is 15.4. The predicted octanol–water partition coefficient (Wildman–Crippen LogP) is 3.59. The van der Waals surface area contributed by atoms with Gasteiger partial charge < -0.3 is 9.84 Å². The molecule has 0 aromatic heterocycles. The second-order valence-corrected chi connectivity index (χ2v) is 4.96. The zero-order valence-corrected chi connectivity index (χ0v) is 11.8. The minimum atomic E-state index is -0.676. The lowest BCUT2D eigenvalue weighted by atomic mass is 9.90. The zero-order valence-electron chi connectivity index (χ0n) is 11.0. The molecule has 18 heavy (non-hydrogen) atoms. The van der Waals surface area contributed by atoms with E-state index < -0.39 is 11.7 Å². The molecule has 0 saturated heterocycles. The van der Waals surface area contributed by atoms with E-state index in [9.17, 15) is 9.50 Å². The Morgan fingerprint density at radius 1 is 1.44 bits per heavy atom. The van der Waals surface area contributed by atoms with Gasteiger partial charge in [-0.1, -0.05) is 24.6 Å². The number of halogens is 2. The van der Waals surface area contributed by atoms with Gasteiger partial charge in [0.15, 0.2) is 0 Å². The number of ether oxygens (including phenoxy) is 1. The van der Waals surface area contributed by atoms with Gasteiger partial charge in [0.2, 0.25) is 0 Å². The maximum Gasteiger partial charge on any atom is 0.124 e. The summed E-state index contributed by atoms with van der Waals surface area (Å²) in [7, 11) is 0. The molecule has 0 aliphatic heterocycles. The lowest BCUT2D eigenvalue weighted by Gasteiger charge is -2.33. The molecule has 4 heteroatoms. The molecule has 0 aliphatic carbocycles. The summed E-state index contributed by atoms with van der Waals surface area (Å²) < 4.78 is 18.5. The van der Waals surface area contributed by atoms with Gasteiger partial charge >= 0.3 is 0 Å². The molecule has 0 fully saturated rings. The summed E-state index contributed by atoms with van der Waals surface area (Å²) in [5.41, 5.74) is 0.122. The van der Waals surface area contributed by atoms with E-state index in [1.54, 1.807) is 6.07 Å². The van der Waals surface area contributed by atoms with Crippen LogP contribution in [0.5, 0.6) is 0 Å². The quantitative estimate of drug-likeness (QED) is 0.859. The van der Waals surface area contributed by atoms with Gasteiger partial charge in [-0.3, -0.25) is 0 Å². The highest BCUT2D eigenvalue weighted by Crippen LogP contribution is 2.26. The molecule has 0 spiro atoms. The fourth-order valence-corrected chi connectivity index (χ4v) is 2.12. The smallest absolute Gasteiger partial charge is 0.124 e. The Hall–Kier alpha value is -0.640. The molecule has 0 amide bonds. The van der Waals surface area contributed by atoms with Crippen LogP contribution in [0, 0.1) is 5.82 Å². The largest absolute Gasteiger partial charge is 0.390 e. The second-order valence-electron chi connectivity index (χ2n) is 4.55. The first-order chi connectivity index (χ1) is 8.42. The molecule has 1 aromatic carbocycles. The lowest BCUT2D eigenvalue weighted by Crippen LogP contribution is -2.43. The van der Waals surface area contributed by atoms with Crippen LogP contribution in [0.15, 0.2) is 18.2 Å². The van der Waals surface area contributed by atoms with Crippen molar-refractivity contribution in [3.63, 3.8) is 0 Å². The number of benzene rings is 1. The van der Waals surface area contributed by atoms with E-state index in [-0.39, 0.29) is 5.82 Å². The van der Waals surface area contributed by atoms with E-state index in [0.717, 1.165) is 5.56 Å². The third kappa shape index (κ3) is 3.67. The van der Waals surface area contributed by atoms with Gasteiger partial charge in [-0.05, 0) is 38.0 Å². The standard InChI is InChI=1S/C14H20ClFO2/c1-4-14(3,18-5-2)13(17)8-10-6-7-11(16)9-12(10)15/h6-7,9,13,17H,4-5,8H2,1-3H3. The molecule has 0 heterocycles. The summed E-state index contributed by atoms with van der Waals surface area (Å²) in [6.07, 6.45) is 0.370. The summed E-state index contributed by atoms with van der Waals surface area (Å²) in [6, 6.07) is 4.20. The molecule has 1 aromatic rings. The van der Waals surface area contributed by atoms with Crippen molar-refractivity contribution in [1.82, 2.24) is 0 Å². The maximum absolute atomic E-state index is 12.9. The van der Waals surface area contributed by atoms with Gasteiger partial charge in [0.05, 0.1) is 11.7 Å². The number of aliphatic hydroxyl groups excluding tert-OH is 1. The van der Waals surface area contributed by atoms with Gasteiger partial charge in [-0.2, -0.15) is 0 Å². The first-order valence-electron chi connectivity index (χ1n) is 6.19. The van der Waals surface area contributed by atoms with Crippen molar-refractivity contribution >= 4 is 11.6 Å². The number of hydrogen-bond acceptors (Lipinski definition) is 2. The highest BCUT2D eigenvalue weighted by atomic mass is 35.5. The molecule has 1 rings (SSSR count). The van der Waals surface area contributed by atoms with Gasteiger partial charge in [-0.15, -0.1) is 0 Å². The van der Waals surface area contributed by atoms with E-state index in [1.165, 1.54) is 12.1 Å². The molecule has 102 valence electrons. The van der Waals surface area contributed by atoms with Gasteiger partial charge in [0.1, 0.15) is 5.82 Å². The van der Waals surface area contributed by atoms with E-state index in [1.807, 2.05) is 20.8 Å². The average Bonchev–Trinajstić information content (AvgIpc) is 2.32. The Morgan fingerprint density at radius 3 is 2.61 bits per heavy atom. The maximum atomic E-state index is 12.9. The highest BCUT2D eigenvalue weighted by molar-refractivity contribution is 6.31. The number of aliphatic hydroxyl groups is 1. The molecule has 0 aliphatic rings. The van der Waals surface area contributed by atoms with Crippen LogP contribution in [0.25, 0.3) is 0 Å². The number of rotatable bonds is 6. The summed E-state index contributed by atoms with van der Waals surface area (Å²) in [5, 5.41) is 10.6. The van der Waals surface area contributed by atoms with Crippen LogP contribution in [-0.2, 0) is 11.2 Å². The lowest BCUT2D eigenvalue weighted by molar-refractivity contribution is -0.110. The summed E-state index contributed by atoms with van der Waals surface area (Å²) in [6.45, 7) is 6.27. The van der Waals surface area contributed by atoms with Crippen molar-refractivity contribution in [2.45, 2.75) is 45.3 Å². The third-order valence-corrected chi connectivity index (χ3v) is 3.66. The van der Waals surface area contributed by atoms with Crippen molar-refractivity contribution < 1.29 is 14.2 Å². The Morgan fingerprint density at radius 2 is 2.11 bits per heavy atom. The summed E-state index contributed by atoms with van der Waals surface area (Å²) in [5.74, 6) is -0.374. The number of hydrogen-bond donors (Lipinski definition) is 1. The molecule has 2 unspecified atom stereocenters. The SMILES string of the molecule is CCOC(C)(CC)C(O)Cc1ccc(F)cc1Cl.